The lowest BCUT2D eigenvalue weighted by molar-refractivity contribution is -0.137. The van der Waals surface area contributed by atoms with Crippen LogP contribution in [0.25, 0.3) is 0 Å². The predicted octanol–water partition coefficient (Wildman–Crippen LogP) is 3.62. The molecule has 4 rings (SSSR count). The summed E-state index contributed by atoms with van der Waals surface area (Å²) in [6.45, 7) is 2.73. The van der Waals surface area contributed by atoms with Crippen molar-refractivity contribution >= 4 is 10.0 Å². The Morgan fingerprint density at radius 1 is 1.19 bits per heavy atom. The van der Waals surface area contributed by atoms with E-state index in [0.29, 0.717) is 18.9 Å². The van der Waals surface area contributed by atoms with E-state index in [9.17, 15) is 26.7 Å². The van der Waals surface area contributed by atoms with Crippen LogP contribution in [0.15, 0.2) is 47.4 Å². The molecule has 31 heavy (non-hydrogen) atoms. The van der Waals surface area contributed by atoms with Crippen LogP contribution in [0.2, 0.25) is 0 Å². The number of fused-ring (bicyclic) bond motifs is 4. The first-order valence-corrected chi connectivity index (χ1v) is 11.5. The van der Waals surface area contributed by atoms with Crippen LogP contribution in [-0.2, 0) is 28.0 Å². The molecule has 0 spiro atoms. The van der Waals surface area contributed by atoms with Crippen molar-refractivity contribution in [3.05, 3.63) is 59.2 Å². The normalized spacial score (nSPS) is 26.7. The van der Waals surface area contributed by atoms with Gasteiger partial charge in [0.15, 0.2) is 0 Å². The number of phenolic OH excluding ortho intramolecular Hbond substituents is 1. The zero-order valence-electron chi connectivity index (χ0n) is 17.5. The Morgan fingerprint density at radius 3 is 2.58 bits per heavy atom. The SMILES string of the molecule is CN1CCC2(C)c3cc(O)ccc3C[C@@H]1[C@@H]2N(C)S(=O)(=O)c1cccc(C(F)(F)F)c1. The number of rotatable bonds is 3. The molecular weight excluding hydrogens is 429 g/mol. The van der Waals surface area contributed by atoms with Gasteiger partial charge in [0.2, 0.25) is 10.0 Å². The number of hydrogen-bond acceptors (Lipinski definition) is 4. The molecule has 0 saturated carbocycles. The minimum Gasteiger partial charge on any atom is -0.508 e. The van der Waals surface area contributed by atoms with E-state index >= 15 is 0 Å². The van der Waals surface area contributed by atoms with Gasteiger partial charge in [-0.15, -0.1) is 0 Å². The van der Waals surface area contributed by atoms with E-state index < -0.39 is 33.2 Å². The third kappa shape index (κ3) is 3.52. The first-order valence-electron chi connectivity index (χ1n) is 10.0. The van der Waals surface area contributed by atoms with Crippen molar-refractivity contribution < 1.29 is 26.7 Å². The Labute approximate surface area is 180 Å². The second kappa shape index (κ2) is 7.21. The number of hydrogen-bond donors (Lipinski definition) is 1. The van der Waals surface area contributed by atoms with Gasteiger partial charge in [-0.1, -0.05) is 19.1 Å². The fourth-order valence-corrected chi connectivity index (χ4v) is 6.77. The molecule has 5 nitrogen and oxygen atoms in total. The summed E-state index contributed by atoms with van der Waals surface area (Å²) in [5, 5.41) is 10.1. The molecule has 1 aliphatic heterocycles. The van der Waals surface area contributed by atoms with Crippen LogP contribution >= 0.6 is 0 Å². The number of aromatic hydroxyl groups is 1. The summed E-state index contributed by atoms with van der Waals surface area (Å²) < 4.78 is 67.7. The minimum absolute atomic E-state index is 0.111. The average Bonchev–Trinajstić information content (AvgIpc) is 2.70. The Balaban J connectivity index is 1.81. The Hall–Kier alpha value is -2.10. The van der Waals surface area contributed by atoms with Gasteiger partial charge in [-0.2, -0.15) is 17.5 Å². The molecule has 1 saturated heterocycles. The Morgan fingerprint density at radius 2 is 1.90 bits per heavy atom. The maximum Gasteiger partial charge on any atom is 0.416 e. The average molecular weight is 455 g/mol. The summed E-state index contributed by atoms with van der Waals surface area (Å²) in [7, 11) is -0.813. The van der Waals surface area contributed by atoms with E-state index in [-0.39, 0.29) is 16.7 Å². The van der Waals surface area contributed by atoms with Gasteiger partial charge in [0, 0.05) is 18.5 Å². The van der Waals surface area contributed by atoms with Crippen molar-refractivity contribution in [1.29, 1.82) is 0 Å². The number of alkyl halides is 3. The Bertz CT molecular complexity index is 1120. The molecule has 1 heterocycles. The lowest BCUT2D eigenvalue weighted by atomic mass is 9.61. The van der Waals surface area contributed by atoms with E-state index in [2.05, 4.69) is 4.90 Å². The van der Waals surface area contributed by atoms with E-state index in [1.807, 2.05) is 20.0 Å². The number of piperidine rings is 1. The molecule has 2 aromatic rings. The van der Waals surface area contributed by atoms with Gasteiger partial charge in [0.25, 0.3) is 0 Å². The monoisotopic (exact) mass is 454 g/mol. The third-order valence-corrected chi connectivity index (χ3v) is 8.77. The van der Waals surface area contributed by atoms with Crippen molar-refractivity contribution in [3.8, 4) is 5.75 Å². The fraction of sp³-hybridized carbons (Fsp3) is 0.455. The summed E-state index contributed by atoms with van der Waals surface area (Å²) in [6, 6.07) is 8.42. The fourth-order valence-electron chi connectivity index (χ4n) is 5.24. The van der Waals surface area contributed by atoms with Gasteiger partial charge in [0.05, 0.1) is 16.5 Å². The van der Waals surface area contributed by atoms with Crippen molar-refractivity contribution in [1.82, 2.24) is 9.21 Å². The molecule has 2 bridgehead atoms. The molecule has 2 aliphatic rings. The van der Waals surface area contributed by atoms with Crippen LogP contribution in [0.4, 0.5) is 13.2 Å². The van der Waals surface area contributed by atoms with E-state index in [1.54, 1.807) is 12.1 Å². The highest BCUT2D eigenvalue weighted by atomic mass is 32.2. The van der Waals surface area contributed by atoms with Gasteiger partial charge < -0.3 is 10.0 Å². The molecule has 3 atom stereocenters. The van der Waals surface area contributed by atoms with Crippen molar-refractivity contribution in [3.63, 3.8) is 0 Å². The molecule has 1 N–H and O–H groups in total. The molecule has 0 amide bonds. The van der Waals surface area contributed by atoms with Gasteiger partial charge in [0.1, 0.15) is 5.75 Å². The van der Waals surface area contributed by atoms with Gasteiger partial charge in [-0.05, 0) is 67.9 Å². The number of likely N-dealkylation sites (N-methyl/N-ethyl adjacent to an activating group) is 2. The molecule has 1 aliphatic carbocycles. The summed E-state index contributed by atoms with van der Waals surface area (Å²) in [6.07, 6.45) is -3.38. The van der Waals surface area contributed by atoms with Crippen LogP contribution in [0.3, 0.4) is 0 Å². The van der Waals surface area contributed by atoms with Crippen molar-refractivity contribution in [2.75, 3.05) is 20.6 Å². The molecule has 0 aromatic heterocycles. The topological polar surface area (TPSA) is 60.9 Å². The molecule has 1 fully saturated rings. The summed E-state index contributed by atoms with van der Waals surface area (Å²) in [5.41, 5.74) is 0.364. The maximum atomic E-state index is 13.5. The number of nitrogens with zero attached hydrogens (tertiary/aromatic N) is 2. The highest BCUT2D eigenvalue weighted by molar-refractivity contribution is 7.89. The Kier molecular flexibility index (Phi) is 5.14. The van der Waals surface area contributed by atoms with Crippen LogP contribution in [-0.4, -0.2) is 55.5 Å². The first-order chi connectivity index (χ1) is 14.4. The summed E-state index contributed by atoms with van der Waals surface area (Å²) in [5.74, 6) is 0.111. The number of likely N-dealkylation sites (tertiary alicyclic amines) is 1. The molecule has 2 aromatic carbocycles. The van der Waals surface area contributed by atoms with Crippen LogP contribution in [0, 0.1) is 0 Å². The minimum atomic E-state index is -4.63. The summed E-state index contributed by atoms with van der Waals surface area (Å²) in [4.78, 5) is 1.73. The van der Waals surface area contributed by atoms with Crippen molar-refractivity contribution in [2.45, 2.75) is 48.3 Å². The zero-order chi connectivity index (χ0) is 22.8. The molecule has 9 heteroatoms. The molecule has 1 unspecified atom stereocenters. The maximum absolute atomic E-state index is 13.5. The predicted molar refractivity (Wildman–Crippen MR) is 110 cm³/mol. The summed E-state index contributed by atoms with van der Waals surface area (Å²) >= 11 is 0. The lowest BCUT2D eigenvalue weighted by Crippen LogP contribution is -2.67. The van der Waals surface area contributed by atoms with Crippen LogP contribution in [0.1, 0.15) is 30.0 Å². The largest absolute Gasteiger partial charge is 0.508 e. The lowest BCUT2D eigenvalue weighted by Gasteiger charge is -2.56. The number of phenols is 1. The quantitative estimate of drug-likeness (QED) is 0.770. The molecule has 0 radical (unpaired) electrons. The standard InChI is InChI=1S/C22H25F3N2O3S/c1-21-9-10-26(2)19(11-14-7-8-16(28)13-18(14)21)20(21)27(3)31(29,30)17-6-4-5-15(12-17)22(23,24)25/h4-8,12-13,19-20,28H,9-11H2,1-3H3/t19-,20+,21?/m1/s1. The van der Waals surface area contributed by atoms with Crippen molar-refractivity contribution in [2.24, 2.45) is 0 Å². The second-order valence-corrected chi connectivity index (χ2v) is 10.8. The van der Waals surface area contributed by atoms with Gasteiger partial charge in [-0.25, -0.2) is 8.42 Å². The molecular formula is C22H25F3N2O3S. The highest BCUT2D eigenvalue weighted by Crippen LogP contribution is 2.48. The van der Waals surface area contributed by atoms with Gasteiger partial charge >= 0.3 is 6.18 Å². The van der Waals surface area contributed by atoms with Crippen LogP contribution < -0.4 is 0 Å². The first kappa shape index (κ1) is 22.1. The van der Waals surface area contributed by atoms with Crippen LogP contribution in [0.5, 0.6) is 5.75 Å². The van der Waals surface area contributed by atoms with E-state index in [0.717, 1.165) is 29.8 Å². The molecule has 168 valence electrons. The zero-order valence-corrected chi connectivity index (χ0v) is 18.3. The second-order valence-electron chi connectivity index (χ2n) is 8.75. The number of halogens is 3. The smallest absolute Gasteiger partial charge is 0.416 e. The highest BCUT2D eigenvalue weighted by Gasteiger charge is 2.54. The van der Waals surface area contributed by atoms with E-state index in [4.69, 9.17) is 0 Å². The van der Waals surface area contributed by atoms with E-state index in [1.165, 1.54) is 17.4 Å². The van der Waals surface area contributed by atoms with Gasteiger partial charge in [-0.3, -0.25) is 0 Å². The number of sulfonamides is 1. The number of benzene rings is 2. The third-order valence-electron chi connectivity index (χ3n) is 6.94.